The molecule has 20 heavy (non-hydrogen) atoms. The standard InChI is InChI=1S/C13H17N3O3S/c1-3-10-9(6-8(2)15-16-10)11(17)14-13(12(18)19)4-5-20-7-13/h6H,3-5,7H2,1-2H3,(H,14,17)(H,18,19). The van der Waals surface area contributed by atoms with Gasteiger partial charge < -0.3 is 10.4 Å². The normalized spacial score (nSPS) is 21.7. The van der Waals surface area contributed by atoms with Gasteiger partial charge in [0.25, 0.3) is 5.91 Å². The van der Waals surface area contributed by atoms with Crippen LogP contribution in [0.15, 0.2) is 6.07 Å². The Morgan fingerprint density at radius 3 is 2.80 bits per heavy atom. The van der Waals surface area contributed by atoms with E-state index in [-0.39, 0.29) is 5.91 Å². The molecule has 0 saturated carbocycles. The number of hydrogen-bond acceptors (Lipinski definition) is 5. The largest absolute Gasteiger partial charge is 0.479 e. The van der Waals surface area contributed by atoms with E-state index >= 15 is 0 Å². The van der Waals surface area contributed by atoms with Gasteiger partial charge in [0, 0.05) is 5.75 Å². The lowest BCUT2D eigenvalue weighted by Crippen LogP contribution is -2.55. The highest BCUT2D eigenvalue weighted by Gasteiger charge is 2.43. The molecular formula is C13H17N3O3S. The van der Waals surface area contributed by atoms with Gasteiger partial charge in [-0.3, -0.25) is 4.79 Å². The number of aromatic nitrogens is 2. The zero-order valence-corrected chi connectivity index (χ0v) is 12.3. The van der Waals surface area contributed by atoms with Crippen molar-refractivity contribution in [2.24, 2.45) is 0 Å². The van der Waals surface area contributed by atoms with Crippen molar-refractivity contribution >= 4 is 23.6 Å². The van der Waals surface area contributed by atoms with Gasteiger partial charge in [0.15, 0.2) is 0 Å². The van der Waals surface area contributed by atoms with Crippen LogP contribution < -0.4 is 5.32 Å². The summed E-state index contributed by atoms with van der Waals surface area (Å²) >= 11 is 1.54. The van der Waals surface area contributed by atoms with Crippen molar-refractivity contribution in [3.63, 3.8) is 0 Å². The quantitative estimate of drug-likeness (QED) is 0.862. The van der Waals surface area contributed by atoms with Crippen LogP contribution in [0.2, 0.25) is 0 Å². The molecule has 2 N–H and O–H groups in total. The highest BCUT2D eigenvalue weighted by molar-refractivity contribution is 7.99. The monoisotopic (exact) mass is 295 g/mol. The first-order valence-corrected chi connectivity index (χ1v) is 7.61. The van der Waals surface area contributed by atoms with Gasteiger partial charge in [-0.2, -0.15) is 22.0 Å². The van der Waals surface area contributed by atoms with E-state index in [0.29, 0.717) is 35.5 Å². The minimum absolute atomic E-state index is 0.384. The third-order valence-electron chi connectivity index (χ3n) is 3.36. The van der Waals surface area contributed by atoms with Crippen LogP contribution in [0.3, 0.4) is 0 Å². The summed E-state index contributed by atoms with van der Waals surface area (Å²) in [5, 5.41) is 20.0. The van der Waals surface area contributed by atoms with Crippen LogP contribution in [0.25, 0.3) is 0 Å². The zero-order chi connectivity index (χ0) is 14.8. The molecule has 1 atom stereocenters. The number of carboxylic acid groups (broad SMARTS) is 1. The molecule has 1 unspecified atom stereocenters. The predicted molar refractivity (Wildman–Crippen MR) is 75.9 cm³/mol. The number of carboxylic acids is 1. The molecule has 1 fully saturated rings. The first kappa shape index (κ1) is 14.8. The fraction of sp³-hybridized carbons (Fsp3) is 0.538. The van der Waals surface area contributed by atoms with E-state index < -0.39 is 11.5 Å². The lowest BCUT2D eigenvalue weighted by Gasteiger charge is -2.25. The van der Waals surface area contributed by atoms with Gasteiger partial charge in [-0.25, -0.2) is 4.79 Å². The first-order valence-electron chi connectivity index (χ1n) is 6.45. The first-order chi connectivity index (χ1) is 9.48. The second-order valence-electron chi connectivity index (χ2n) is 4.84. The van der Waals surface area contributed by atoms with Crippen molar-refractivity contribution < 1.29 is 14.7 Å². The molecule has 6 nitrogen and oxygen atoms in total. The topological polar surface area (TPSA) is 92.2 Å². The Hall–Kier alpha value is -1.63. The predicted octanol–water partition coefficient (Wildman–Crippen LogP) is 1.04. The fourth-order valence-corrected chi connectivity index (χ4v) is 3.47. The van der Waals surface area contributed by atoms with Crippen LogP contribution >= 0.6 is 11.8 Å². The zero-order valence-electron chi connectivity index (χ0n) is 11.5. The van der Waals surface area contributed by atoms with Crippen molar-refractivity contribution in [2.45, 2.75) is 32.2 Å². The summed E-state index contributed by atoms with van der Waals surface area (Å²) in [5.74, 6) is -0.231. The Bertz CT molecular complexity index is 542. The maximum Gasteiger partial charge on any atom is 0.330 e. The summed E-state index contributed by atoms with van der Waals surface area (Å²) in [5.41, 5.74) is 0.471. The third kappa shape index (κ3) is 2.77. The van der Waals surface area contributed by atoms with Gasteiger partial charge in [-0.1, -0.05) is 6.92 Å². The van der Waals surface area contributed by atoms with Gasteiger partial charge in [0.1, 0.15) is 5.54 Å². The second-order valence-corrected chi connectivity index (χ2v) is 5.95. The molecule has 1 saturated heterocycles. The van der Waals surface area contributed by atoms with Gasteiger partial charge in [0.05, 0.1) is 17.0 Å². The molecule has 2 heterocycles. The number of nitrogens with zero attached hydrogens (tertiary/aromatic N) is 2. The van der Waals surface area contributed by atoms with Gasteiger partial charge >= 0.3 is 5.97 Å². The molecule has 1 aromatic heterocycles. The number of carbonyl (C=O) groups is 2. The SMILES string of the molecule is CCc1nnc(C)cc1C(=O)NC1(C(=O)O)CCSC1. The minimum Gasteiger partial charge on any atom is -0.479 e. The highest BCUT2D eigenvalue weighted by Crippen LogP contribution is 2.28. The number of hydrogen-bond donors (Lipinski definition) is 2. The smallest absolute Gasteiger partial charge is 0.330 e. The number of aryl methyl sites for hydroxylation is 2. The molecule has 1 aliphatic heterocycles. The van der Waals surface area contributed by atoms with Crippen LogP contribution in [-0.4, -0.2) is 44.2 Å². The Morgan fingerprint density at radius 1 is 1.50 bits per heavy atom. The Kier molecular flexibility index (Phi) is 4.27. The summed E-state index contributed by atoms with van der Waals surface area (Å²) in [6, 6.07) is 1.65. The Morgan fingerprint density at radius 2 is 2.25 bits per heavy atom. The van der Waals surface area contributed by atoms with Crippen molar-refractivity contribution in [3.05, 3.63) is 23.0 Å². The van der Waals surface area contributed by atoms with E-state index in [1.807, 2.05) is 6.92 Å². The molecule has 0 spiro atoms. The molecule has 1 aliphatic rings. The number of amides is 1. The summed E-state index contributed by atoms with van der Waals surface area (Å²) < 4.78 is 0. The van der Waals surface area contributed by atoms with Gasteiger partial charge in [-0.05, 0) is 31.6 Å². The number of aliphatic carboxylic acids is 1. The van der Waals surface area contributed by atoms with Crippen molar-refractivity contribution in [3.8, 4) is 0 Å². The molecule has 7 heteroatoms. The molecule has 108 valence electrons. The summed E-state index contributed by atoms with van der Waals surface area (Å²) in [7, 11) is 0. The van der Waals surface area contributed by atoms with Crippen LogP contribution in [-0.2, 0) is 11.2 Å². The van der Waals surface area contributed by atoms with E-state index in [0.717, 1.165) is 5.75 Å². The number of carbonyl (C=O) groups excluding carboxylic acids is 1. The van der Waals surface area contributed by atoms with Crippen LogP contribution in [0, 0.1) is 6.92 Å². The molecule has 2 rings (SSSR count). The van der Waals surface area contributed by atoms with Gasteiger partial charge in [0.2, 0.25) is 0 Å². The summed E-state index contributed by atoms with van der Waals surface area (Å²) in [6.45, 7) is 3.64. The molecule has 0 aliphatic carbocycles. The van der Waals surface area contributed by atoms with Crippen molar-refractivity contribution in [2.75, 3.05) is 11.5 Å². The molecule has 0 bridgehead atoms. The van der Waals surface area contributed by atoms with Crippen LogP contribution in [0.1, 0.15) is 35.1 Å². The minimum atomic E-state index is -1.16. The number of rotatable bonds is 4. The average Bonchev–Trinajstić information content (AvgIpc) is 2.88. The van der Waals surface area contributed by atoms with E-state index in [9.17, 15) is 14.7 Å². The maximum atomic E-state index is 12.4. The van der Waals surface area contributed by atoms with E-state index in [2.05, 4.69) is 15.5 Å². The number of nitrogens with one attached hydrogen (secondary N) is 1. The van der Waals surface area contributed by atoms with Crippen molar-refractivity contribution in [1.29, 1.82) is 0 Å². The fourth-order valence-electron chi connectivity index (χ4n) is 2.14. The summed E-state index contributed by atoms with van der Waals surface area (Å²) in [6.07, 6.45) is 1.02. The van der Waals surface area contributed by atoms with Crippen LogP contribution in [0.5, 0.6) is 0 Å². The number of thioether (sulfide) groups is 1. The Balaban J connectivity index is 2.28. The molecule has 0 aromatic carbocycles. The van der Waals surface area contributed by atoms with E-state index in [1.165, 1.54) is 11.8 Å². The lowest BCUT2D eigenvalue weighted by atomic mass is 9.98. The lowest BCUT2D eigenvalue weighted by molar-refractivity contribution is -0.143. The summed E-state index contributed by atoms with van der Waals surface area (Å²) in [4.78, 5) is 23.8. The van der Waals surface area contributed by atoms with Crippen LogP contribution in [0.4, 0.5) is 0 Å². The van der Waals surface area contributed by atoms with Crippen molar-refractivity contribution in [1.82, 2.24) is 15.5 Å². The average molecular weight is 295 g/mol. The second kappa shape index (κ2) is 5.78. The molecule has 0 radical (unpaired) electrons. The van der Waals surface area contributed by atoms with Gasteiger partial charge in [-0.15, -0.1) is 0 Å². The molecule has 1 amide bonds. The van der Waals surface area contributed by atoms with E-state index in [4.69, 9.17) is 0 Å². The Labute approximate surface area is 121 Å². The highest BCUT2D eigenvalue weighted by atomic mass is 32.2. The van der Waals surface area contributed by atoms with E-state index in [1.54, 1.807) is 13.0 Å². The maximum absolute atomic E-state index is 12.4. The molecule has 1 aromatic rings. The molecular weight excluding hydrogens is 278 g/mol. The third-order valence-corrected chi connectivity index (χ3v) is 4.55.